The van der Waals surface area contributed by atoms with Gasteiger partial charge in [-0.05, 0) is 37.2 Å². The molecule has 0 aliphatic heterocycles. The van der Waals surface area contributed by atoms with E-state index in [1.165, 1.54) is 12.8 Å². The lowest BCUT2D eigenvalue weighted by molar-refractivity contribution is 0.362. The summed E-state index contributed by atoms with van der Waals surface area (Å²) in [4.78, 5) is 1.98. The second-order valence-corrected chi connectivity index (χ2v) is 4.52. The molecule has 0 bridgehead atoms. The molecule has 5 heteroatoms. The van der Waals surface area contributed by atoms with Gasteiger partial charge in [0.25, 0.3) is 0 Å². The predicted octanol–water partition coefficient (Wildman–Crippen LogP) is 2.03. The number of nitrogens with one attached hydrogen (secondary N) is 1. The van der Waals surface area contributed by atoms with E-state index in [1.54, 1.807) is 6.26 Å². The Bertz CT molecular complexity index is 406. The van der Waals surface area contributed by atoms with Crippen molar-refractivity contribution in [3.05, 3.63) is 24.2 Å². The maximum absolute atomic E-state index is 8.65. The van der Waals surface area contributed by atoms with Gasteiger partial charge in [0.1, 0.15) is 5.76 Å². The van der Waals surface area contributed by atoms with E-state index in [2.05, 4.69) is 11.4 Å². The number of nitriles is 1. The van der Waals surface area contributed by atoms with E-state index in [1.807, 2.05) is 17.0 Å². The quantitative estimate of drug-likeness (QED) is 0.809. The second-order valence-electron chi connectivity index (χ2n) is 4.13. The Balaban J connectivity index is 1.91. The average Bonchev–Trinajstić information content (AvgIpc) is 2.98. The summed E-state index contributed by atoms with van der Waals surface area (Å²) in [5.41, 5.74) is 0. The highest BCUT2D eigenvalue weighted by Crippen LogP contribution is 2.19. The molecule has 2 rings (SSSR count). The largest absolute Gasteiger partial charge is 0.467 e. The van der Waals surface area contributed by atoms with Crippen LogP contribution in [0.4, 0.5) is 0 Å². The van der Waals surface area contributed by atoms with Crippen LogP contribution in [0.2, 0.25) is 0 Å². The molecular weight excluding hydrogens is 234 g/mol. The summed E-state index contributed by atoms with van der Waals surface area (Å²) < 4.78 is 5.30. The molecule has 0 saturated heterocycles. The Morgan fingerprint density at radius 1 is 1.65 bits per heavy atom. The summed E-state index contributed by atoms with van der Waals surface area (Å²) in [7, 11) is 0. The minimum atomic E-state index is 0.465. The Labute approximate surface area is 106 Å². The van der Waals surface area contributed by atoms with Gasteiger partial charge in [-0.2, -0.15) is 5.26 Å². The second kappa shape index (κ2) is 5.69. The van der Waals surface area contributed by atoms with Crippen molar-refractivity contribution in [2.75, 3.05) is 6.54 Å². The number of rotatable bonds is 5. The van der Waals surface area contributed by atoms with Crippen LogP contribution in [0, 0.1) is 11.3 Å². The summed E-state index contributed by atoms with van der Waals surface area (Å²) >= 11 is 5.34. The summed E-state index contributed by atoms with van der Waals surface area (Å²) in [6.45, 7) is 1.25. The highest BCUT2D eigenvalue weighted by Gasteiger charge is 2.24. The van der Waals surface area contributed by atoms with Gasteiger partial charge in [0.05, 0.1) is 25.3 Å². The molecule has 1 N–H and O–H groups in total. The molecule has 0 amide bonds. The van der Waals surface area contributed by atoms with E-state index in [0.717, 1.165) is 10.9 Å². The normalized spacial score (nSPS) is 14.1. The highest BCUT2D eigenvalue weighted by molar-refractivity contribution is 7.80. The third-order valence-corrected chi connectivity index (χ3v) is 2.99. The van der Waals surface area contributed by atoms with Crippen molar-refractivity contribution in [3.8, 4) is 6.07 Å². The fourth-order valence-corrected chi connectivity index (χ4v) is 1.84. The van der Waals surface area contributed by atoms with Gasteiger partial charge < -0.3 is 14.6 Å². The molecule has 1 fully saturated rings. The number of nitrogens with zero attached hydrogens (tertiary/aromatic N) is 2. The molecular formula is C12H15N3OS. The van der Waals surface area contributed by atoms with E-state index in [0.29, 0.717) is 25.6 Å². The van der Waals surface area contributed by atoms with Gasteiger partial charge in [-0.3, -0.25) is 0 Å². The van der Waals surface area contributed by atoms with Gasteiger partial charge in [0.15, 0.2) is 5.11 Å². The van der Waals surface area contributed by atoms with Crippen LogP contribution in [0.15, 0.2) is 22.8 Å². The van der Waals surface area contributed by atoms with Crippen molar-refractivity contribution in [2.45, 2.75) is 31.8 Å². The van der Waals surface area contributed by atoms with Crippen LogP contribution in [0.1, 0.15) is 25.0 Å². The van der Waals surface area contributed by atoms with Crippen molar-refractivity contribution in [1.29, 1.82) is 5.26 Å². The minimum absolute atomic E-state index is 0.465. The molecule has 0 unspecified atom stereocenters. The third kappa shape index (κ3) is 3.75. The molecule has 17 heavy (non-hydrogen) atoms. The van der Waals surface area contributed by atoms with E-state index in [-0.39, 0.29) is 0 Å². The fourth-order valence-electron chi connectivity index (χ4n) is 1.52. The molecule has 0 radical (unpaired) electrons. The van der Waals surface area contributed by atoms with Gasteiger partial charge in [-0.1, -0.05) is 0 Å². The molecule has 90 valence electrons. The van der Waals surface area contributed by atoms with Crippen molar-refractivity contribution < 1.29 is 4.42 Å². The monoisotopic (exact) mass is 249 g/mol. The number of furan rings is 1. The molecule has 1 saturated carbocycles. The van der Waals surface area contributed by atoms with Crippen LogP contribution in [0.3, 0.4) is 0 Å². The molecule has 1 aromatic rings. The molecule has 0 spiro atoms. The number of hydrogen-bond donors (Lipinski definition) is 1. The number of hydrogen-bond acceptors (Lipinski definition) is 3. The van der Waals surface area contributed by atoms with Crippen molar-refractivity contribution >= 4 is 17.3 Å². The predicted molar refractivity (Wildman–Crippen MR) is 68.1 cm³/mol. The van der Waals surface area contributed by atoms with Crippen LogP contribution in [-0.4, -0.2) is 22.6 Å². The lowest BCUT2D eigenvalue weighted by Crippen LogP contribution is -2.40. The van der Waals surface area contributed by atoms with Crippen molar-refractivity contribution in [2.24, 2.45) is 0 Å². The van der Waals surface area contributed by atoms with Crippen LogP contribution >= 0.6 is 12.2 Å². The zero-order valence-corrected chi connectivity index (χ0v) is 10.4. The zero-order chi connectivity index (χ0) is 12.1. The zero-order valence-electron chi connectivity index (χ0n) is 9.56. The molecule has 1 aromatic heterocycles. The van der Waals surface area contributed by atoms with Crippen molar-refractivity contribution in [3.63, 3.8) is 0 Å². The number of thiocarbonyl (C=S) groups is 1. The van der Waals surface area contributed by atoms with Crippen LogP contribution < -0.4 is 5.32 Å². The highest BCUT2D eigenvalue weighted by atomic mass is 32.1. The lowest BCUT2D eigenvalue weighted by atomic mass is 10.3. The Morgan fingerprint density at radius 3 is 3.06 bits per heavy atom. The third-order valence-electron chi connectivity index (χ3n) is 2.61. The summed E-state index contributed by atoms with van der Waals surface area (Å²) in [6.07, 6.45) is 4.49. The first-order chi connectivity index (χ1) is 8.29. The van der Waals surface area contributed by atoms with Crippen LogP contribution in [-0.2, 0) is 6.54 Å². The van der Waals surface area contributed by atoms with Crippen molar-refractivity contribution in [1.82, 2.24) is 10.2 Å². The first-order valence-electron chi connectivity index (χ1n) is 5.74. The maximum Gasteiger partial charge on any atom is 0.169 e. The standard InChI is InChI=1S/C12H15N3OS/c13-6-2-7-15(9-11-3-1-8-16-11)12(17)14-10-4-5-10/h1,3,8,10H,2,4-5,7,9H2,(H,14,17). The van der Waals surface area contributed by atoms with Gasteiger partial charge in [0, 0.05) is 12.6 Å². The SMILES string of the molecule is N#CCCN(Cc1ccco1)C(=S)NC1CC1. The average molecular weight is 249 g/mol. The summed E-state index contributed by atoms with van der Waals surface area (Å²) in [5.74, 6) is 0.864. The van der Waals surface area contributed by atoms with Gasteiger partial charge >= 0.3 is 0 Å². The molecule has 4 nitrogen and oxygen atoms in total. The fraction of sp³-hybridized carbons (Fsp3) is 0.500. The van der Waals surface area contributed by atoms with E-state index in [4.69, 9.17) is 21.9 Å². The Morgan fingerprint density at radius 2 is 2.47 bits per heavy atom. The van der Waals surface area contributed by atoms with E-state index < -0.39 is 0 Å². The first kappa shape index (κ1) is 11.9. The molecule has 0 aromatic carbocycles. The minimum Gasteiger partial charge on any atom is -0.467 e. The van der Waals surface area contributed by atoms with Crippen LogP contribution in [0.25, 0.3) is 0 Å². The summed E-state index contributed by atoms with van der Waals surface area (Å²) in [5, 5.41) is 12.7. The van der Waals surface area contributed by atoms with Gasteiger partial charge in [0.2, 0.25) is 0 Å². The Kier molecular flexibility index (Phi) is 3.99. The van der Waals surface area contributed by atoms with E-state index in [9.17, 15) is 0 Å². The molecule has 1 aliphatic rings. The molecule has 0 atom stereocenters. The Hall–Kier alpha value is -1.54. The molecule has 1 heterocycles. The maximum atomic E-state index is 8.65. The van der Waals surface area contributed by atoms with E-state index >= 15 is 0 Å². The van der Waals surface area contributed by atoms with Gasteiger partial charge in [-0.25, -0.2) is 0 Å². The smallest absolute Gasteiger partial charge is 0.169 e. The topological polar surface area (TPSA) is 52.2 Å². The lowest BCUT2D eigenvalue weighted by Gasteiger charge is -2.23. The summed E-state index contributed by atoms with van der Waals surface area (Å²) in [6, 6.07) is 6.45. The first-order valence-corrected chi connectivity index (χ1v) is 6.15. The van der Waals surface area contributed by atoms with Crippen LogP contribution in [0.5, 0.6) is 0 Å². The van der Waals surface area contributed by atoms with Gasteiger partial charge in [-0.15, -0.1) is 0 Å². The molecule has 1 aliphatic carbocycles.